The Balaban J connectivity index is 2.82. The summed E-state index contributed by atoms with van der Waals surface area (Å²) in [6, 6.07) is 17.4. The summed E-state index contributed by atoms with van der Waals surface area (Å²) in [5, 5.41) is 32.3. The van der Waals surface area contributed by atoms with Crippen LogP contribution in [-0.4, -0.2) is 16.0 Å². The van der Waals surface area contributed by atoms with E-state index in [0.717, 1.165) is 0 Å². The van der Waals surface area contributed by atoms with E-state index in [9.17, 15) is 25.5 Å². The number of nitro groups is 2. The average Bonchev–Trinajstić information content (AvgIpc) is 2.53. The predicted molar refractivity (Wildman–Crippen MR) is 77.1 cm³/mol. The first-order valence-corrected chi connectivity index (χ1v) is 6.33. The minimum Gasteiger partial charge on any atom is -0.258 e. The summed E-state index contributed by atoms with van der Waals surface area (Å²) in [6.45, 7) is 0. The summed E-state index contributed by atoms with van der Waals surface area (Å²) in [7, 11) is 0. The number of nitrogens with zero attached hydrogens (tertiary/aromatic N) is 3. The molecule has 7 heteroatoms. The van der Waals surface area contributed by atoms with Gasteiger partial charge in [-0.2, -0.15) is 5.26 Å². The minimum atomic E-state index is -2.30. The molecule has 0 unspecified atom stereocenters. The third-order valence-electron chi connectivity index (χ3n) is 3.42. The van der Waals surface area contributed by atoms with Crippen LogP contribution in [0.5, 0.6) is 0 Å². The molecule has 0 N–H and O–H groups in total. The van der Waals surface area contributed by atoms with Crippen molar-refractivity contribution in [2.75, 3.05) is 0 Å². The molecule has 0 bridgehead atoms. The molecule has 0 aliphatic carbocycles. The van der Waals surface area contributed by atoms with E-state index in [1.165, 1.54) is 24.3 Å². The van der Waals surface area contributed by atoms with Gasteiger partial charge in [-0.25, -0.2) is 0 Å². The van der Waals surface area contributed by atoms with E-state index in [2.05, 4.69) is 0 Å². The second kappa shape index (κ2) is 6.01. The van der Waals surface area contributed by atoms with E-state index in [1.54, 1.807) is 36.4 Å². The first kappa shape index (κ1) is 15.1. The zero-order valence-corrected chi connectivity index (χ0v) is 11.3. The Kier molecular flexibility index (Phi) is 4.13. The van der Waals surface area contributed by atoms with Gasteiger partial charge in [0.05, 0.1) is 15.9 Å². The summed E-state index contributed by atoms with van der Waals surface area (Å²) in [6.07, 6.45) is -2.30. The number of hydrogen-bond donors (Lipinski definition) is 0. The molecule has 0 spiro atoms. The first-order chi connectivity index (χ1) is 10.5. The van der Waals surface area contributed by atoms with Crippen LogP contribution < -0.4 is 0 Å². The van der Waals surface area contributed by atoms with Crippen molar-refractivity contribution in [2.24, 2.45) is 0 Å². The molecule has 0 aliphatic heterocycles. The number of hydrogen-bond acceptors (Lipinski definition) is 5. The summed E-state index contributed by atoms with van der Waals surface area (Å²) in [5.74, 6) is 0. The molecule has 0 atom stereocenters. The van der Waals surface area contributed by atoms with E-state index in [4.69, 9.17) is 0 Å². The normalized spacial score (nSPS) is 10.9. The fourth-order valence-electron chi connectivity index (χ4n) is 2.45. The Morgan fingerprint density at radius 1 is 0.864 bits per heavy atom. The van der Waals surface area contributed by atoms with E-state index in [1.807, 2.05) is 6.07 Å². The second-order valence-corrected chi connectivity index (χ2v) is 4.60. The van der Waals surface area contributed by atoms with Crippen molar-refractivity contribution in [3.8, 4) is 6.07 Å². The van der Waals surface area contributed by atoms with Crippen molar-refractivity contribution in [1.82, 2.24) is 0 Å². The van der Waals surface area contributed by atoms with Gasteiger partial charge in [0.2, 0.25) is 5.41 Å². The smallest absolute Gasteiger partial charge is 0.258 e. The van der Waals surface area contributed by atoms with Crippen molar-refractivity contribution in [1.29, 1.82) is 5.26 Å². The molecule has 2 aromatic carbocycles. The third-order valence-corrected chi connectivity index (χ3v) is 3.42. The van der Waals surface area contributed by atoms with Gasteiger partial charge in [0.15, 0.2) is 0 Å². The van der Waals surface area contributed by atoms with Gasteiger partial charge in [-0.3, -0.25) is 20.2 Å². The Hall–Kier alpha value is -3.27. The van der Waals surface area contributed by atoms with Crippen LogP contribution in [0.15, 0.2) is 60.7 Å². The lowest BCUT2D eigenvalue weighted by atomic mass is 9.73. The van der Waals surface area contributed by atoms with Crippen LogP contribution in [0.4, 0.5) is 0 Å². The maximum Gasteiger partial charge on any atom is 0.476 e. The Morgan fingerprint density at radius 3 is 1.50 bits per heavy atom. The van der Waals surface area contributed by atoms with Gasteiger partial charge in [0.25, 0.3) is 0 Å². The van der Waals surface area contributed by atoms with E-state index < -0.39 is 21.4 Å². The number of benzene rings is 2. The highest BCUT2D eigenvalue weighted by molar-refractivity contribution is 5.46. The molecule has 0 aliphatic rings. The zero-order valence-electron chi connectivity index (χ0n) is 11.3. The van der Waals surface area contributed by atoms with Crippen molar-refractivity contribution in [3.05, 3.63) is 92.0 Å². The lowest BCUT2D eigenvalue weighted by molar-refractivity contribution is -0.749. The molecule has 0 fully saturated rings. The van der Waals surface area contributed by atoms with Gasteiger partial charge < -0.3 is 0 Å². The molecule has 0 radical (unpaired) electrons. The van der Waals surface area contributed by atoms with Crippen LogP contribution >= 0.6 is 0 Å². The lowest BCUT2D eigenvalue weighted by Gasteiger charge is -2.24. The molecule has 2 aromatic rings. The standard InChI is InChI=1S/C15H11N3O4/c16-11-15(12-7-3-1-4-8-12,13-9-5-2-6-10-13)14(17(19)20)18(21)22/h1-10,14H. The summed E-state index contributed by atoms with van der Waals surface area (Å²) >= 11 is 0. The predicted octanol–water partition coefficient (Wildman–Crippen LogP) is 2.38. The summed E-state index contributed by atoms with van der Waals surface area (Å²) < 4.78 is 0. The molecule has 2 rings (SSSR count). The van der Waals surface area contributed by atoms with Crippen molar-refractivity contribution >= 4 is 0 Å². The lowest BCUT2D eigenvalue weighted by Crippen LogP contribution is -2.49. The van der Waals surface area contributed by atoms with E-state index in [-0.39, 0.29) is 11.1 Å². The SMILES string of the molecule is N#CC(c1ccccc1)(c1ccccc1)C([N+](=O)[O-])[N+](=O)[O-]. The number of rotatable bonds is 5. The van der Waals surface area contributed by atoms with E-state index >= 15 is 0 Å². The molecule has 0 heterocycles. The maximum absolute atomic E-state index is 11.3. The Bertz CT molecular complexity index is 672. The Labute approximate surface area is 125 Å². The topological polar surface area (TPSA) is 110 Å². The molecular weight excluding hydrogens is 286 g/mol. The van der Waals surface area contributed by atoms with Gasteiger partial charge >= 0.3 is 6.17 Å². The molecule has 0 saturated carbocycles. The molecule has 22 heavy (non-hydrogen) atoms. The van der Waals surface area contributed by atoms with Crippen molar-refractivity contribution in [3.63, 3.8) is 0 Å². The van der Waals surface area contributed by atoms with Crippen LogP contribution in [0.2, 0.25) is 0 Å². The molecule has 0 aromatic heterocycles. The highest BCUT2D eigenvalue weighted by Crippen LogP contribution is 2.36. The maximum atomic E-state index is 11.3. The number of nitriles is 1. The third kappa shape index (κ3) is 2.38. The van der Waals surface area contributed by atoms with Gasteiger partial charge in [-0.1, -0.05) is 60.7 Å². The molecule has 0 amide bonds. The van der Waals surface area contributed by atoms with Crippen molar-refractivity contribution < 1.29 is 9.85 Å². The average molecular weight is 297 g/mol. The summed E-state index contributed by atoms with van der Waals surface area (Å²) in [5.41, 5.74) is -1.58. The van der Waals surface area contributed by atoms with Gasteiger partial charge in [0, 0.05) is 0 Å². The van der Waals surface area contributed by atoms with Crippen LogP contribution in [0.25, 0.3) is 0 Å². The van der Waals surface area contributed by atoms with Gasteiger partial charge in [0.1, 0.15) is 0 Å². The highest BCUT2D eigenvalue weighted by Gasteiger charge is 2.59. The minimum absolute atomic E-state index is 0.210. The largest absolute Gasteiger partial charge is 0.476 e. The molecule has 7 nitrogen and oxygen atoms in total. The monoisotopic (exact) mass is 297 g/mol. The van der Waals surface area contributed by atoms with Crippen molar-refractivity contribution in [2.45, 2.75) is 11.6 Å². The second-order valence-electron chi connectivity index (χ2n) is 4.60. The Morgan fingerprint density at radius 2 is 1.23 bits per heavy atom. The fourth-order valence-corrected chi connectivity index (χ4v) is 2.45. The fraction of sp³-hybridized carbons (Fsp3) is 0.133. The highest BCUT2D eigenvalue weighted by atomic mass is 16.7. The molecular formula is C15H11N3O4. The van der Waals surface area contributed by atoms with Crippen LogP contribution in [-0.2, 0) is 5.41 Å². The zero-order chi connectivity index (χ0) is 16.2. The van der Waals surface area contributed by atoms with Crippen LogP contribution in [0.3, 0.4) is 0 Å². The quantitative estimate of drug-likeness (QED) is 0.478. The first-order valence-electron chi connectivity index (χ1n) is 6.33. The van der Waals surface area contributed by atoms with Gasteiger partial charge in [-0.05, 0) is 11.1 Å². The molecule has 110 valence electrons. The van der Waals surface area contributed by atoms with Crippen LogP contribution in [0.1, 0.15) is 11.1 Å². The summed E-state index contributed by atoms with van der Waals surface area (Å²) in [4.78, 5) is 20.6. The van der Waals surface area contributed by atoms with E-state index in [0.29, 0.717) is 0 Å². The van der Waals surface area contributed by atoms with Gasteiger partial charge in [-0.15, -0.1) is 0 Å². The van der Waals surface area contributed by atoms with Crippen LogP contribution in [0, 0.1) is 31.6 Å². The molecule has 0 saturated heterocycles.